The Bertz CT molecular complexity index is 958. The standard InChI is InChI=1S/C12H11N9OS/c1-6-3-7(2)21-11(15-6)17-12(19-21)23-4-8-16-10(20-22-8)9-13-5-14-18-9/h3,5H,4H2,1-2H3,(H,13,14,18). The lowest BCUT2D eigenvalue weighted by atomic mass is 10.4. The third-order valence-corrected chi connectivity index (χ3v) is 3.84. The van der Waals surface area contributed by atoms with Crippen LogP contribution in [0.25, 0.3) is 17.4 Å². The van der Waals surface area contributed by atoms with Gasteiger partial charge in [-0.15, -0.1) is 5.10 Å². The number of aromatic nitrogens is 9. The Hall–Kier alpha value is -2.82. The van der Waals surface area contributed by atoms with Crippen LogP contribution in [0.15, 0.2) is 22.1 Å². The molecule has 0 aliphatic rings. The summed E-state index contributed by atoms with van der Waals surface area (Å²) in [5.41, 5.74) is 1.89. The molecule has 1 N–H and O–H groups in total. The van der Waals surface area contributed by atoms with E-state index in [0.29, 0.717) is 34.2 Å². The Kier molecular flexibility index (Phi) is 3.26. The Balaban J connectivity index is 1.52. The fourth-order valence-corrected chi connectivity index (χ4v) is 2.71. The molecular weight excluding hydrogens is 318 g/mol. The van der Waals surface area contributed by atoms with Crippen LogP contribution in [0.1, 0.15) is 17.3 Å². The van der Waals surface area contributed by atoms with E-state index in [2.05, 4.69) is 40.4 Å². The van der Waals surface area contributed by atoms with Gasteiger partial charge >= 0.3 is 0 Å². The van der Waals surface area contributed by atoms with Crippen LogP contribution in [0.4, 0.5) is 0 Å². The van der Waals surface area contributed by atoms with Gasteiger partial charge in [-0.3, -0.25) is 5.10 Å². The van der Waals surface area contributed by atoms with Gasteiger partial charge in [-0.25, -0.2) is 14.5 Å². The van der Waals surface area contributed by atoms with Gasteiger partial charge in [-0.05, 0) is 19.9 Å². The summed E-state index contributed by atoms with van der Waals surface area (Å²) in [4.78, 5) is 17.0. The summed E-state index contributed by atoms with van der Waals surface area (Å²) in [6.07, 6.45) is 1.39. The van der Waals surface area contributed by atoms with Gasteiger partial charge in [0.05, 0.1) is 5.75 Å². The number of nitrogens with zero attached hydrogens (tertiary/aromatic N) is 8. The first-order chi connectivity index (χ1) is 11.2. The highest BCUT2D eigenvalue weighted by Crippen LogP contribution is 2.20. The van der Waals surface area contributed by atoms with Crippen molar-refractivity contribution in [2.24, 2.45) is 0 Å². The van der Waals surface area contributed by atoms with Gasteiger partial charge in [-0.2, -0.15) is 15.1 Å². The third kappa shape index (κ3) is 2.65. The van der Waals surface area contributed by atoms with Crippen molar-refractivity contribution in [1.29, 1.82) is 0 Å². The fourth-order valence-electron chi connectivity index (χ4n) is 2.06. The average molecular weight is 329 g/mol. The van der Waals surface area contributed by atoms with Crippen LogP contribution in [0.5, 0.6) is 0 Å². The molecule has 0 saturated carbocycles. The van der Waals surface area contributed by atoms with Gasteiger partial charge in [0.2, 0.25) is 16.9 Å². The Morgan fingerprint density at radius 2 is 2.17 bits per heavy atom. The van der Waals surface area contributed by atoms with Gasteiger partial charge in [0.25, 0.3) is 5.78 Å². The van der Waals surface area contributed by atoms with Gasteiger partial charge in [-0.1, -0.05) is 16.9 Å². The van der Waals surface area contributed by atoms with Gasteiger partial charge < -0.3 is 4.52 Å². The minimum atomic E-state index is 0.370. The zero-order valence-electron chi connectivity index (χ0n) is 12.3. The van der Waals surface area contributed by atoms with E-state index in [1.807, 2.05) is 19.9 Å². The predicted molar refractivity (Wildman–Crippen MR) is 79.5 cm³/mol. The normalized spacial score (nSPS) is 11.4. The molecule has 0 aromatic carbocycles. The van der Waals surface area contributed by atoms with E-state index in [4.69, 9.17) is 4.52 Å². The van der Waals surface area contributed by atoms with E-state index >= 15 is 0 Å². The molecule has 0 saturated heterocycles. The zero-order valence-corrected chi connectivity index (χ0v) is 13.1. The van der Waals surface area contributed by atoms with Crippen molar-refractivity contribution in [2.45, 2.75) is 24.8 Å². The number of aromatic amines is 1. The van der Waals surface area contributed by atoms with E-state index in [-0.39, 0.29) is 0 Å². The molecule has 0 atom stereocenters. The molecule has 4 heterocycles. The maximum Gasteiger partial charge on any atom is 0.253 e. The Morgan fingerprint density at radius 3 is 3.00 bits per heavy atom. The van der Waals surface area contributed by atoms with Crippen LogP contribution in [0.3, 0.4) is 0 Å². The molecule has 0 unspecified atom stereocenters. The number of nitrogens with one attached hydrogen (secondary N) is 1. The molecule has 11 heteroatoms. The van der Waals surface area contributed by atoms with Gasteiger partial charge in [0, 0.05) is 11.4 Å². The molecule has 0 aliphatic heterocycles. The van der Waals surface area contributed by atoms with Crippen molar-refractivity contribution < 1.29 is 4.52 Å². The number of hydrogen-bond acceptors (Lipinski definition) is 9. The van der Waals surface area contributed by atoms with E-state index in [1.54, 1.807) is 4.52 Å². The molecule has 0 spiro atoms. The first kappa shape index (κ1) is 13.8. The van der Waals surface area contributed by atoms with Crippen LogP contribution in [0.2, 0.25) is 0 Å². The van der Waals surface area contributed by atoms with E-state index in [0.717, 1.165) is 11.4 Å². The smallest absolute Gasteiger partial charge is 0.253 e. The van der Waals surface area contributed by atoms with E-state index in [1.165, 1.54) is 18.1 Å². The molecule has 4 rings (SSSR count). The van der Waals surface area contributed by atoms with Crippen LogP contribution < -0.4 is 0 Å². The highest BCUT2D eigenvalue weighted by molar-refractivity contribution is 7.98. The van der Waals surface area contributed by atoms with Crippen molar-refractivity contribution in [3.05, 3.63) is 29.7 Å². The highest BCUT2D eigenvalue weighted by atomic mass is 32.2. The molecule has 0 amide bonds. The number of fused-ring (bicyclic) bond motifs is 1. The predicted octanol–water partition coefficient (Wildman–Crippen LogP) is 1.20. The highest BCUT2D eigenvalue weighted by Gasteiger charge is 2.13. The Labute approximate surface area is 133 Å². The first-order valence-corrected chi connectivity index (χ1v) is 7.70. The summed E-state index contributed by atoms with van der Waals surface area (Å²) in [6, 6.07) is 1.96. The van der Waals surface area contributed by atoms with Crippen molar-refractivity contribution >= 4 is 17.5 Å². The SMILES string of the molecule is Cc1cc(C)n2nc(SCc3nc(-c4ncn[nH]4)no3)nc2n1. The van der Waals surface area contributed by atoms with Crippen LogP contribution in [-0.2, 0) is 5.75 Å². The topological polar surface area (TPSA) is 124 Å². The van der Waals surface area contributed by atoms with Crippen molar-refractivity contribution in [3.8, 4) is 11.6 Å². The van der Waals surface area contributed by atoms with Gasteiger partial charge in [0.15, 0.2) is 5.82 Å². The second-order valence-electron chi connectivity index (χ2n) is 4.78. The second kappa shape index (κ2) is 5.43. The van der Waals surface area contributed by atoms with Crippen molar-refractivity contribution in [2.75, 3.05) is 0 Å². The van der Waals surface area contributed by atoms with E-state index in [9.17, 15) is 0 Å². The molecule has 0 bridgehead atoms. The third-order valence-electron chi connectivity index (χ3n) is 3.02. The molecule has 0 aliphatic carbocycles. The maximum atomic E-state index is 5.18. The summed E-state index contributed by atoms with van der Waals surface area (Å²) in [6.45, 7) is 3.89. The first-order valence-electron chi connectivity index (χ1n) is 6.71. The van der Waals surface area contributed by atoms with E-state index < -0.39 is 0 Å². The molecule has 10 nitrogen and oxygen atoms in total. The average Bonchev–Trinajstić information content (AvgIpc) is 3.24. The Morgan fingerprint density at radius 1 is 1.26 bits per heavy atom. The molecule has 0 radical (unpaired) electrons. The minimum Gasteiger partial charge on any atom is -0.338 e. The summed E-state index contributed by atoms with van der Waals surface area (Å²) >= 11 is 1.40. The summed E-state index contributed by atoms with van der Waals surface area (Å²) in [5.74, 6) is 2.33. The zero-order chi connectivity index (χ0) is 15.8. The van der Waals surface area contributed by atoms with Crippen molar-refractivity contribution in [1.82, 2.24) is 44.9 Å². The monoisotopic (exact) mass is 329 g/mol. The quantitative estimate of drug-likeness (QED) is 0.550. The number of hydrogen-bond donors (Lipinski definition) is 1. The summed E-state index contributed by atoms with van der Waals surface area (Å²) < 4.78 is 6.89. The second-order valence-corrected chi connectivity index (χ2v) is 5.72. The van der Waals surface area contributed by atoms with Crippen LogP contribution in [0, 0.1) is 13.8 Å². The molecule has 116 valence electrons. The molecule has 4 aromatic rings. The van der Waals surface area contributed by atoms with Crippen LogP contribution >= 0.6 is 11.8 Å². The molecule has 4 aromatic heterocycles. The summed E-state index contributed by atoms with van der Waals surface area (Å²) in [7, 11) is 0. The maximum absolute atomic E-state index is 5.18. The van der Waals surface area contributed by atoms with Crippen molar-refractivity contribution in [3.63, 3.8) is 0 Å². The number of aryl methyl sites for hydroxylation is 2. The fraction of sp³-hybridized carbons (Fsp3) is 0.250. The molecular formula is C12H11N9OS. The van der Waals surface area contributed by atoms with Crippen LogP contribution in [-0.4, -0.2) is 44.9 Å². The molecule has 0 fully saturated rings. The number of rotatable bonds is 4. The lowest BCUT2D eigenvalue weighted by molar-refractivity contribution is 0.391. The largest absolute Gasteiger partial charge is 0.338 e. The number of thioether (sulfide) groups is 1. The lowest BCUT2D eigenvalue weighted by Gasteiger charge is -1.97. The van der Waals surface area contributed by atoms with Gasteiger partial charge in [0.1, 0.15) is 6.33 Å². The summed E-state index contributed by atoms with van der Waals surface area (Å²) in [5, 5.41) is 15.3. The lowest BCUT2D eigenvalue weighted by Crippen LogP contribution is -1.97. The molecule has 23 heavy (non-hydrogen) atoms. The minimum absolute atomic E-state index is 0.370. The number of H-pyrrole nitrogens is 1.